The van der Waals surface area contributed by atoms with Crippen LogP contribution in [0, 0.1) is 6.92 Å². The van der Waals surface area contributed by atoms with Gasteiger partial charge in [0.15, 0.2) is 5.16 Å². The number of methoxy groups -OCH3 is 1. The lowest BCUT2D eigenvalue weighted by molar-refractivity contribution is -0.117. The summed E-state index contributed by atoms with van der Waals surface area (Å²) in [6, 6.07) is 15.7. The van der Waals surface area contributed by atoms with Gasteiger partial charge in [0.25, 0.3) is 5.56 Å². The number of ether oxygens (including phenoxy) is 1. The topological polar surface area (TPSA) is 75.3 Å². The van der Waals surface area contributed by atoms with Crippen molar-refractivity contribution in [3.05, 3.63) is 81.3 Å². The second-order valence-corrected chi connectivity index (χ2v) is 8.14. The van der Waals surface area contributed by atoms with Gasteiger partial charge in [-0.3, -0.25) is 9.59 Å². The van der Waals surface area contributed by atoms with Crippen molar-refractivity contribution >= 4 is 23.4 Å². The Labute approximate surface area is 179 Å². The van der Waals surface area contributed by atoms with Crippen LogP contribution in [0.3, 0.4) is 0 Å². The molecule has 1 amide bonds. The molecule has 0 bridgehead atoms. The van der Waals surface area contributed by atoms with Crippen LogP contribution in [0.5, 0.6) is 5.75 Å². The van der Waals surface area contributed by atoms with E-state index in [1.807, 2.05) is 48.5 Å². The van der Waals surface area contributed by atoms with Gasteiger partial charge in [0.2, 0.25) is 5.91 Å². The lowest BCUT2D eigenvalue weighted by Crippen LogP contribution is -2.33. The van der Waals surface area contributed by atoms with Gasteiger partial charge in [0.1, 0.15) is 5.75 Å². The molecule has 30 heavy (non-hydrogen) atoms. The van der Waals surface area contributed by atoms with E-state index in [4.69, 9.17) is 4.74 Å². The highest BCUT2D eigenvalue weighted by atomic mass is 32.2. The first-order valence-electron chi connectivity index (χ1n) is 9.79. The highest BCUT2D eigenvalue weighted by Gasteiger charge is 2.25. The van der Waals surface area contributed by atoms with Crippen LogP contribution in [0.1, 0.15) is 22.4 Å². The second-order valence-electron chi connectivity index (χ2n) is 7.18. The van der Waals surface area contributed by atoms with Crippen LogP contribution in [0.4, 0.5) is 5.69 Å². The van der Waals surface area contributed by atoms with Crippen LogP contribution in [-0.4, -0.2) is 29.5 Å². The minimum atomic E-state index is -0.253. The van der Waals surface area contributed by atoms with Gasteiger partial charge in [0, 0.05) is 29.2 Å². The summed E-state index contributed by atoms with van der Waals surface area (Å²) in [5.74, 6) is 1.37. The predicted octanol–water partition coefficient (Wildman–Crippen LogP) is 3.51. The molecule has 4 rings (SSSR count). The first-order valence-corrected chi connectivity index (χ1v) is 10.8. The third-order valence-corrected chi connectivity index (χ3v) is 6.17. The van der Waals surface area contributed by atoms with E-state index in [9.17, 15) is 9.59 Å². The lowest BCUT2D eigenvalue weighted by atomic mass is 10.1. The number of amides is 1. The van der Waals surface area contributed by atoms with Gasteiger partial charge >= 0.3 is 0 Å². The molecular formula is C23H23N3O3S. The summed E-state index contributed by atoms with van der Waals surface area (Å²) in [4.78, 5) is 34.6. The van der Waals surface area contributed by atoms with Gasteiger partial charge in [-0.05, 0) is 42.7 Å². The number of anilines is 1. The fraction of sp³-hybridized carbons (Fsp3) is 0.261. The third kappa shape index (κ3) is 4.26. The zero-order valence-corrected chi connectivity index (χ0v) is 17.8. The van der Waals surface area contributed by atoms with Crippen molar-refractivity contribution in [3.63, 3.8) is 0 Å². The maximum atomic E-state index is 12.9. The van der Waals surface area contributed by atoms with Gasteiger partial charge in [0.05, 0.1) is 13.5 Å². The fourth-order valence-electron chi connectivity index (χ4n) is 3.62. The third-order valence-electron chi connectivity index (χ3n) is 5.23. The Morgan fingerprint density at radius 3 is 2.87 bits per heavy atom. The van der Waals surface area contributed by atoms with Crippen molar-refractivity contribution in [3.8, 4) is 5.75 Å². The zero-order valence-electron chi connectivity index (χ0n) is 17.0. The number of para-hydroxylation sites is 1. The van der Waals surface area contributed by atoms with E-state index < -0.39 is 0 Å². The van der Waals surface area contributed by atoms with Crippen molar-refractivity contribution in [1.29, 1.82) is 0 Å². The summed E-state index contributed by atoms with van der Waals surface area (Å²) < 4.78 is 5.24. The summed E-state index contributed by atoms with van der Waals surface area (Å²) in [6.07, 6.45) is 0.888. The maximum absolute atomic E-state index is 12.9. The smallest absolute Gasteiger partial charge is 0.255 e. The quantitative estimate of drug-likeness (QED) is 0.487. The Kier molecular flexibility index (Phi) is 5.90. The second kappa shape index (κ2) is 8.75. The Morgan fingerprint density at radius 2 is 2.07 bits per heavy atom. The largest absolute Gasteiger partial charge is 0.497 e. The summed E-state index contributed by atoms with van der Waals surface area (Å²) in [7, 11) is 1.63. The standard InChI is InChI=1S/C23H23N3O3S/c1-15-19(13-21(27)26-11-10-17-7-3-4-9-20(17)26)22(28)25-23(24-15)30-14-16-6-5-8-18(12-16)29-2/h3-9,12H,10-11,13-14H2,1-2H3,(H,24,25,28). The van der Waals surface area contributed by atoms with E-state index >= 15 is 0 Å². The van der Waals surface area contributed by atoms with Crippen LogP contribution in [0.25, 0.3) is 0 Å². The Bertz CT molecular complexity index is 1140. The molecule has 0 aliphatic carbocycles. The van der Waals surface area contributed by atoms with E-state index in [-0.39, 0.29) is 17.9 Å². The van der Waals surface area contributed by atoms with Gasteiger partial charge in [-0.1, -0.05) is 42.1 Å². The Morgan fingerprint density at radius 1 is 1.23 bits per heavy atom. The fourth-order valence-corrected chi connectivity index (χ4v) is 4.47. The van der Waals surface area contributed by atoms with Crippen LogP contribution in [0.2, 0.25) is 0 Å². The van der Waals surface area contributed by atoms with E-state index in [1.54, 1.807) is 18.9 Å². The molecule has 0 saturated heterocycles. The number of aromatic nitrogens is 2. The van der Waals surface area contributed by atoms with Crippen LogP contribution < -0.4 is 15.2 Å². The molecule has 0 saturated carbocycles. The first kappa shape index (κ1) is 20.2. The van der Waals surface area contributed by atoms with Crippen molar-refractivity contribution in [2.24, 2.45) is 0 Å². The van der Waals surface area contributed by atoms with Crippen molar-refractivity contribution in [2.75, 3.05) is 18.6 Å². The average Bonchev–Trinajstić information content (AvgIpc) is 3.19. The van der Waals surface area contributed by atoms with Crippen molar-refractivity contribution < 1.29 is 9.53 Å². The number of carbonyl (C=O) groups is 1. The molecule has 0 spiro atoms. The molecule has 7 heteroatoms. The number of hydrogen-bond acceptors (Lipinski definition) is 5. The molecule has 6 nitrogen and oxygen atoms in total. The first-order chi connectivity index (χ1) is 14.5. The van der Waals surface area contributed by atoms with Gasteiger partial charge in [-0.25, -0.2) is 4.98 Å². The van der Waals surface area contributed by atoms with Gasteiger partial charge in [-0.15, -0.1) is 0 Å². The molecule has 1 N–H and O–H groups in total. The summed E-state index contributed by atoms with van der Waals surface area (Å²) in [6.45, 7) is 2.43. The maximum Gasteiger partial charge on any atom is 0.255 e. The zero-order chi connectivity index (χ0) is 21.1. The number of benzene rings is 2. The molecule has 1 aliphatic rings. The SMILES string of the molecule is COc1cccc(CSc2nc(C)c(CC(=O)N3CCc4ccccc43)c(=O)[nH]2)c1. The van der Waals surface area contributed by atoms with Crippen LogP contribution >= 0.6 is 11.8 Å². The molecule has 1 aliphatic heterocycles. The van der Waals surface area contributed by atoms with Gasteiger partial charge in [-0.2, -0.15) is 0 Å². The summed E-state index contributed by atoms with van der Waals surface area (Å²) in [5.41, 5.74) is 3.94. The van der Waals surface area contributed by atoms with Crippen LogP contribution in [0.15, 0.2) is 58.5 Å². The molecule has 0 radical (unpaired) electrons. The summed E-state index contributed by atoms with van der Waals surface area (Å²) in [5, 5.41) is 0.544. The number of carbonyl (C=O) groups excluding carboxylic acids is 1. The number of fused-ring (bicyclic) bond motifs is 1. The molecule has 1 aromatic heterocycles. The molecule has 154 valence electrons. The molecule has 0 fully saturated rings. The molecule has 0 unspecified atom stereocenters. The van der Waals surface area contributed by atoms with E-state index in [1.165, 1.54) is 17.3 Å². The molecule has 3 aromatic rings. The lowest BCUT2D eigenvalue weighted by Gasteiger charge is -2.17. The Hall–Kier alpha value is -3.06. The minimum absolute atomic E-state index is 0.0450. The van der Waals surface area contributed by atoms with Crippen molar-refractivity contribution in [2.45, 2.75) is 30.7 Å². The monoisotopic (exact) mass is 421 g/mol. The number of thioether (sulfide) groups is 1. The number of H-pyrrole nitrogens is 1. The average molecular weight is 422 g/mol. The molecule has 2 heterocycles. The number of aryl methyl sites for hydroxylation is 1. The normalized spacial score (nSPS) is 12.7. The molecular weight excluding hydrogens is 398 g/mol. The van der Waals surface area contributed by atoms with Gasteiger partial charge < -0.3 is 14.6 Å². The Balaban J connectivity index is 1.46. The molecule has 2 aromatic carbocycles. The van der Waals surface area contributed by atoms with Crippen molar-refractivity contribution in [1.82, 2.24) is 9.97 Å². The van der Waals surface area contributed by atoms with E-state index in [0.29, 0.717) is 28.7 Å². The minimum Gasteiger partial charge on any atom is -0.497 e. The highest BCUT2D eigenvalue weighted by Crippen LogP contribution is 2.28. The predicted molar refractivity (Wildman–Crippen MR) is 118 cm³/mol. The number of hydrogen-bond donors (Lipinski definition) is 1. The van der Waals surface area contributed by atoms with Crippen LogP contribution in [-0.2, 0) is 23.4 Å². The van der Waals surface area contributed by atoms with E-state index in [2.05, 4.69) is 9.97 Å². The number of nitrogens with zero attached hydrogens (tertiary/aromatic N) is 2. The number of nitrogens with one attached hydrogen (secondary N) is 1. The molecule has 0 atom stereocenters. The number of rotatable bonds is 6. The highest BCUT2D eigenvalue weighted by molar-refractivity contribution is 7.98. The van der Waals surface area contributed by atoms with E-state index in [0.717, 1.165) is 23.4 Å². The summed E-state index contributed by atoms with van der Waals surface area (Å²) >= 11 is 1.45. The number of aromatic amines is 1.